The van der Waals surface area contributed by atoms with Crippen LogP contribution in [-0.2, 0) is 9.53 Å². The van der Waals surface area contributed by atoms with Gasteiger partial charge in [0, 0.05) is 11.3 Å². The van der Waals surface area contributed by atoms with E-state index in [1.807, 2.05) is 44.2 Å². The maximum atomic E-state index is 11.5. The largest absolute Gasteiger partial charge is 0.469 e. The van der Waals surface area contributed by atoms with Crippen LogP contribution in [0, 0.1) is 5.92 Å². The number of ether oxygens (including phenoxy) is 1. The summed E-state index contributed by atoms with van der Waals surface area (Å²) in [7, 11) is 1.39. The summed E-state index contributed by atoms with van der Waals surface area (Å²) in [6.07, 6.45) is 1.90. The summed E-state index contributed by atoms with van der Waals surface area (Å²) in [5, 5.41) is 0. The van der Waals surface area contributed by atoms with Crippen molar-refractivity contribution in [1.29, 1.82) is 0 Å². The molecule has 0 radical (unpaired) electrons. The highest BCUT2D eigenvalue weighted by atomic mass is 16.5. The van der Waals surface area contributed by atoms with Gasteiger partial charge in [-0.2, -0.15) is 0 Å². The van der Waals surface area contributed by atoms with Gasteiger partial charge in [0.25, 0.3) is 0 Å². The van der Waals surface area contributed by atoms with E-state index in [1.54, 1.807) is 0 Å². The van der Waals surface area contributed by atoms with Crippen LogP contribution in [0.5, 0.6) is 0 Å². The Bertz CT molecular complexity index is 410. The fourth-order valence-electron chi connectivity index (χ4n) is 1.70. The zero-order chi connectivity index (χ0) is 12.1. The van der Waals surface area contributed by atoms with Crippen molar-refractivity contribution in [3.63, 3.8) is 0 Å². The summed E-state index contributed by atoms with van der Waals surface area (Å²) in [6.45, 7) is 3.70. The highest BCUT2D eigenvalue weighted by molar-refractivity contribution is 5.90. The quantitative estimate of drug-likeness (QED) is 0.627. The Kier molecular flexibility index (Phi) is 4.11. The van der Waals surface area contributed by atoms with Gasteiger partial charge in [0.15, 0.2) is 0 Å². The third-order valence-corrected chi connectivity index (χ3v) is 2.60. The molecule has 1 aromatic carbocycles. The molecule has 0 fully saturated rings. The van der Waals surface area contributed by atoms with Gasteiger partial charge < -0.3 is 10.5 Å². The second-order valence-corrected chi connectivity index (χ2v) is 3.58. The number of carbonyl (C=O) groups excluding carboxylic acids is 1. The Morgan fingerprint density at radius 3 is 2.56 bits per heavy atom. The van der Waals surface area contributed by atoms with Crippen LogP contribution in [0.1, 0.15) is 19.4 Å². The minimum absolute atomic E-state index is 0.253. The summed E-state index contributed by atoms with van der Waals surface area (Å²) in [5.74, 6) is -0.559. The number of methoxy groups -OCH3 is 1. The van der Waals surface area contributed by atoms with E-state index in [0.717, 1.165) is 11.1 Å². The average molecular weight is 219 g/mol. The fraction of sp³-hybridized carbons (Fsp3) is 0.308. The van der Waals surface area contributed by atoms with Crippen molar-refractivity contribution in [3.05, 3.63) is 35.9 Å². The zero-order valence-corrected chi connectivity index (χ0v) is 9.86. The standard InChI is InChI=1S/C13H17NO2/c1-4-10(9(2)13(15)16-3)11-7-5-6-8-12(11)14/h4-9H,14H2,1-3H3/b10-4-. The van der Waals surface area contributed by atoms with E-state index >= 15 is 0 Å². The molecule has 16 heavy (non-hydrogen) atoms. The number of hydrogen-bond donors (Lipinski definition) is 1. The van der Waals surface area contributed by atoms with Crippen LogP contribution in [0.15, 0.2) is 30.3 Å². The fourth-order valence-corrected chi connectivity index (χ4v) is 1.70. The molecule has 86 valence electrons. The minimum Gasteiger partial charge on any atom is -0.469 e. The molecule has 1 unspecified atom stereocenters. The molecule has 1 aromatic rings. The van der Waals surface area contributed by atoms with Crippen LogP contribution < -0.4 is 5.73 Å². The molecule has 0 bridgehead atoms. The number of nitrogens with two attached hydrogens (primary N) is 1. The van der Waals surface area contributed by atoms with Crippen LogP contribution in [0.25, 0.3) is 5.57 Å². The van der Waals surface area contributed by atoms with Gasteiger partial charge in [-0.1, -0.05) is 24.3 Å². The molecule has 1 rings (SSSR count). The maximum Gasteiger partial charge on any atom is 0.312 e. The van der Waals surface area contributed by atoms with Crippen molar-refractivity contribution in [2.45, 2.75) is 13.8 Å². The Balaban J connectivity index is 3.10. The van der Waals surface area contributed by atoms with Crippen LogP contribution in [-0.4, -0.2) is 13.1 Å². The average Bonchev–Trinajstić information content (AvgIpc) is 2.31. The molecule has 3 heteroatoms. The third-order valence-electron chi connectivity index (χ3n) is 2.60. The van der Waals surface area contributed by atoms with E-state index in [4.69, 9.17) is 10.5 Å². The van der Waals surface area contributed by atoms with Crippen molar-refractivity contribution in [2.24, 2.45) is 5.92 Å². The van der Waals surface area contributed by atoms with Crippen LogP contribution in [0.4, 0.5) is 5.69 Å². The minimum atomic E-state index is -0.306. The monoisotopic (exact) mass is 219 g/mol. The van der Waals surface area contributed by atoms with E-state index in [1.165, 1.54) is 7.11 Å². The topological polar surface area (TPSA) is 52.3 Å². The first-order valence-corrected chi connectivity index (χ1v) is 5.20. The highest BCUT2D eigenvalue weighted by Gasteiger charge is 2.20. The molecule has 0 spiro atoms. The molecule has 3 nitrogen and oxygen atoms in total. The van der Waals surface area contributed by atoms with Gasteiger partial charge in [-0.15, -0.1) is 0 Å². The second kappa shape index (κ2) is 5.35. The van der Waals surface area contributed by atoms with E-state index in [-0.39, 0.29) is 11.9 Å². The lowest BCUT2D eigenvalue weighted by Crippen LogP contribution is -2.15. The van der Waals surface area contributed by atoms with Gasteiger partial charge in [-0.3, -0.25) is 4.79 Å². The number of allylic oxidation sites excluding steroid dienone is 1. The molecule has 0 heterocycles. The molecular formula is C13H17NO2. The summed E-state index contributed by atoms with van der Waals surface area (Å²) >= 11 is 0. The van der Waals surface area contributed by atoms with Gasteiger partial charge in [0.05, 0.1) is 13.0 Å². The van der Waals surface area contributed by atoms with Gasteiger partial charge in [0.1, 0.15) is 0 Å². The van der Waals surface area contributed by atoms with Crippen LogP contribution >= 0.6 is 0 Å². The molecule has 0 saturated heterocycles. The Morgan fingerprint density at radius 1 is 1.44 bits per heavy atom. The van der Waals surface area contributed by atoms with Crippen molar-refractivity contribution < 1.29 is 9.53 Å². The molecule has 0 aliphatic rings. The highest BCUT2D eigenvalue weighted by Crippen LogP contribution is 2.28. The van der Waals surface area contributed by atoms with Crippen molar-refractivity contribution in [2.75, 3.05) is 12.8 Å². The maximum absolute atomic E-state index is 11.5. The Morgan fingerprint density at radius 2 is 2.06 bits per heavy atom. The van der Waals surface area contributed by atoms with E-state index < -0.39 is 0 Å². The van der Waals surface area contributed by atoms with E-state index in [2.05, 4.69) is 0 Å². The van der Waals surface area contributed by atoms with Gasteiger partial charge in [-0.25, -0.2) is 0 Å². The lowest BCUT2D eigenvalue weighted by atomic mass is 9.92. The number of rotatable bonds is 3. The molecule has 0 aliphatic carbocycles. The molecule has 0 amide bonds. The summed E-state index contributed by atoms with van der Waals surface area (Å²) in [4.78, 5) is 11.5. The smallest absolute Gasteiger partial charge is 0.312 e. The first-order chi connectivity index (χ1) is 7.61. The van der Waals surface area contributed by atoms with E-state index in [0.29, 0.717) is 5.69 Å². The predicted molar refractivity (Wildman–Crippen MR) is 65.7 cm³/mol. The molecule has 0 saturated carbocycles. The van der Waals surface area contributed by atoms with Crippen molar-refractivity contribution in [3.8, 4) is 0 Å². The Labute approximate surface area is 95.9 Å². The lowest BCUT2D eigenvalue weighted by molar-refractivity contribution is -0.142. The molecule has 2 N–H and O–H groups in total. The van der Waals surface area contributed by atoms with Crippen molar-refractivity contribution >= 4 is 17.2 Å². The van der Waals surface area contributed by atoms with E-state index in [9.17, 15) is 4.79 Å². The van der Waals surface area contributed by atoms with Crippen LogP contribution in [0.3, 0.4) is 0 Å². The molecular weight excluding hydrogens is 202 g/mol. The number of benzene rings is 1. The number of nitrogen functional groups attached to an aromatic ring is 1. The van der Waals surface area contributed by atoms with Gasteiger partial charge in [-0.05, 0) is 25.5 Å². The number of carbonyl (C=O) groups is 1. The summed E-state index contributed by atoms with van der Waals surface area (Å²) in [5.41, 5.74) is 8.34. The first kappa shape index (κ1) is 12.3. The normalized spacial score (nSPS) is 13.3. The molecule has 1 atom stereocenters. The number of para-hydroxylation sites is 1. The molecule has 0 aromatic heterocycles. The van der Waals surface area contributed by atoms with Gasteiger partial charge in [0.2, 0.25) is 0 Å². The lowest BCUT2D eigenvalue weighted by Gasteiger charge is -2.15. The van der Waals surface area contributed by atoms with Gasteiger partial charge >= 0.3 is 5.97 Å². The number of esters is 1. The number of anilines is 1. The second-order valence-electron chi connectivity index (χ2n) is 3.58. The first-order valence-electron chi connectivity index (χ1n) is 5.20. The predicted octanol–water partition coefficient (Wildman–Crippen LogP) is 2.48. The summed E-state index contributed by atoms with van der Waals surface area (Å²) in [6, 6.07) is 7.50. The summed E-state index contributed by atoms with van der Waals surface area (Å²) < 4.78 is 4.74. The Hall–Kier alpha value is -1.77. The molecule has 0 aliphatic heterocycles. The SMILES string of the molecule is C/C=C(\c1ccccc1N)C(C)C(=O)OC. The van der Waals surface area contributed by atoms with Crippen LogP contribution in [0.2, 0.25) is 0 Å². The zero-order valence-electron chi connectivity index (χ0n) is 9.86. The number of hydrogen-bond acceptors (Lipinski definition) is 3. The van der Waals surface area contributed by atoms with Crippen molar-refractivity contribution in [1.82, 2.24) is 0 Å². The third kappa shape index (κ3) is 2.42.